The van der Waals surface area contributed by atoms with E-state index < -0.39 is 0 Å². The SMILES string of the molecule is CCC(C(=O)Nc1cccc(N2CCCN(Cc3cccc(F)c3)C2=O)c1)c1ccccc1. The summed E-state index contributed by atoms with van der Waals surface area (Å²) >= 11 is 0. The number of benzene rings is 3. The quantitative estimate of drug-likeness (QED) is 0.500. The molecular weight excluding hydrogens is 417 g/mol. The number of rotatable bonds is 7. The first-order valence-corrected chi connectivity index (χ1v) is 11.3. The van der Waals surface area contributed by atoms with Crippen LogP contribution in [0.15, 0.2) is 78.9 Å². The van der Waals surface area contributed by atoms with Crippen LogP contribution >= 0.6 is 0 Å². The highest BCUT2D eigenvalue weighted by Gasteiger charge is 2.27. The van der Waals surface area contributed by atoms with E-state index in [2.05, 4.69) is 5.32 Å². The lowest BCUT2D eigenvalue weighted by Gasteiger charge is -2.36. The molecule has 1 heterocycles. The fourth-order valence-corrected chi connectivity index (χ4v) is 4.26. The molecule has 170 valence electrons. The molecule has 0 saturated carbocycles. The molecule has 33 heavy (non-hydrogen) atoms. The monoisotopic (exact) mass is 445 g/mol. The Morgan fingerprint density at radius 3 is 2.55 bits per heavy atom. The maximum atomic E-state index is 13.6. The zero-order valence-electron chi connectivity index (χ0n) is 18.7. The van der Waals surface area contributed by atoms with Crippen LogP contribution < -0.4 is 10.2 Å². The smallest absolute Gasteiger partial charge is 0.324 e. The van der Waals surface area contributed by atoms with Gasteiger partial charge in [0.1, 0.15) is 5.82 Å². The number of hydrogen-bond donors (Lipinski definition) is 1. The molecule has 1 fully saturated rings. The average molecular weight is 446 g/mol. The lowest BCUT2D eigenvalue weighted by atomic mass is 9.95. The van der Waals surface area contributed by atoms with E-state index in [4.69, 9.17) is 0 Å². The Labute approximate surface area is 193 Å². The number of amides is 3. The molecule has 1 aliphatic rings. The molecule has 3 aromatic carbocycles. The molecule has 6 heteroatoms. The van der Waals surface area contributed by atoms with Crippen LogP contribution in [0.1, 0.15) is 36.8 Å². The molecule has 0 aromatic heterocycles. The van der Waals surface area contributed by atoms with Crippen molar-refractivity contribution in [2.75, 3.05) is 23.3 Å². The van der Waals surface area contributed by atoms with E-state index in [1.54, 1.807) is 15.9 Å². The third kappa shape index (κ3) is 5.40. The minimum Gasteiger partial charge on any atom is -0.325 e. The number of halogens is 1. The highest BCUT2D eigenvalue weighted by molar-refractivity contribution is 5.97. The molecule has 4 rings (SSSR count). The number of nitrogens with one attached hydrogen (secondary N) is 1. The van der Waals surface area contributed by atoms with Gasteiger partial charge >= 0.3 is 6.03 Å². The van der Waals surface area contributed by atoms with Gasteiger partial charge in [0.2, 0.25) is 5.91 Å². The topological polar surface area (TPSA) is 52.7 Å². The van der Waals surface area contributed by atoms with Crippen molar-refractivity contribution < 1.29 is 14.0 Å². The number of anilines is 2. The zero-order valence-corrected chi connectivity index (χ0v) is 18.7. The van der Waals surface area contributed by atoms with Crippen molar-refractivity contribution in [2.24, 2.45) is 0 Å². The Kier molecular flexibility index (Phi) is 7.03. The van der Waals surface area contributed by atoms with Crippen LogP contribution in [0.5, 0.6) is 0 Å². The van der Waals surface area contributed by atoms with Crippen molar-refractivity contribution >= 4 is 23.3 Å². The van der Waals surface area contributed by atoms with Crippen molar-refractivity contribution in [2.45, 2.75) is 32.2 Å². The molecule has 0 aliphatic carbocycles. The highest BCUT2D eigenvalue weighted by atomic mass is 19.1. The van der Waals surface area contributed by atoms with Crippen LogP contribution in [0.2, 0.25) is 0 Å². The molecule has 1 saturated heterocycles. The third-order valence-corrected chi connectivity index (χ3v) is 5.93. The van der Waals surface area contributed by atoms with Gasteiger partial charge in [-0.1, -0.05) is 55.5 Å². The predicted molar refractivity (Wildman–Crippen MR) is 129 cm³/mol. The Balaban J connectivity index is 1.47. The number of nitrogens with zero attached hydrogens (tertiary/aromatic N) is 2. The van der Waals surface area contributed by atoms with Gasteiger partial charge in [-0.2, -0.15) is 0 Å². The first kappa shape index (κ1) is 22.5. The molecule has 3 amide bonds. The largest absolute Gasteiger partial charge is 0.325 e. The van der Waals surface area contributed by atoms with E-state index in [0.29, 0.717) is 31.7 Å². The molecule has 1 unspecified atom stereocenters. The van der Waals surface area contributed by atoms with E-state index in [-0.39, 0.29) is 23.7 Å². The maximum Gasteiger partial charge on any atom is 0.324 e. The second kappa shape index (κ2) is 10.3. The van der Waals surface area contributed by atoms with Crippen LogP contribution in [0.3, 0.4) is 0 Å². The van der Waals surface area contributed by atoms with E-state index >= 15 is 0 Å². The van der Waals surface area contributed by atoms with E-state index in [1.165, 1.54) is 12.1 Å². The highest BCUT2D eigenvalue weighted by Crippen LogP contribution is 2.26. The second-order valence-electron chi connectivity index (χ2n) is 8.25. The van der Waals surface area contributed by atoms with Gasteiger partial charge < -0.3 is 10.2 Å². The zero-order chi connectivity index (χ0) is 23.2. The van der Waals surface area contributed by atoms with Gasteiger partial charge in [0.05, 0.1) is 5.92 Å². The lowest BCUT2D eigenvalue weighted by Crippen LogP contribution is -2.49. The number of carbonyl (C=O) groups excluding carboxylic acids is 2. The maximum absolute atomic E-state index is 13.6. The van der Waals surface area contributed by atoms with Crippen LogP contribution in [-0.2, 0) is 11.3 Å². The lowest BCUT2D eigenvalue weighted by molar-refractivity contribution is -0.117. The summed E-state index contributed by atoms with van der Waals surface area (Å²) < 4.78 is 13.6. The van der Waals surface area contributed by atoms with Gasteiger partial charge in [0.25, 0.3) is 0 Å². The first-order chi connectivity index (χ1) is 16.0. The van der Waals surface area contributed by atoms with Crippen molar-refractivity contribution in [3.05, 3.63) is 95.8 Å². The summed E-state index contributed by atoms with van der Waals surface area (Å²) in [6.45, 7) is 3.57. The first-order valence-electron chi connectivity index (χ1n) is 11.3. The van der Waals surface area contributed by atoms with Gasteiger partial charge in [0.15, 0.2) is 0 Å². The fourth-order valence-electron chi connectivity index (χ4n) is 4.26. The predicted octanol–water partition coefficient (Wildman–Crippen LogP) is 5.79. The third-order valence-electron chi connectivity index (χ3n) is 5.93. The van der Waals surface area contributed by atoms with Crippen molar-refractivity contribution in [3.8, 4) is 0 Å². The summed E-state index contributed by atoms with van der Waals surface area (Å²) in [5, 5.41) is 3.01. The van der Waals surface area contributed by atoms with Gasteiger partial charge in [-0.25, -0.2) is 9.18 Å². The summed E-state index contributed by atoms with van der Waals surface area (Å²) in [5.74, 6) is -0.620. The van der Waals surface area contributed by atoms with E-state index in [0.717, 1.165) is 23.2 Å². The molecule has 3 aromatic rings. The average Bonchev–Trinajstić information content (AvgIpc) is 2.82. The van der Waals surface area contributed by atoms with Crippen LogP contribution in [0.25, 0.3) is 0 Å². The van der Waals surface area contributed by atoms with E-state index in [9.17, 15) is 14.0 Å². The molecule has 0 spiro atoms. The van der Waals surface area contributed by atoms with Gasteiger partial charge in [-0.15, -0.1) is 0 Å². The minimum absolute atomic E-state index is 0.0708. The normalized spacial score (nSPS) is 14.8. The molecule has 5 nitrogen and oxygen atoms in total. The summed E-state index contributed by atoms with van der Waals surface area (Å²) in [7, 11) is 0. The molecule has 0 bridgehead atoms. The standard InChI is InChI=1S/C27H28FN3O2/c1-2-25(21-10-4-3-5-11-21)26(32)29-23-13-7-14-24(18-23)31-16-8-15-30(27(31)33)19-20-9-6-12-22(28)17-20/h3-7,9-14,17-18,25H,2,8,15-16,19H2,1H3,(H,29,32). The summed E-state index contributed by atoms with van der Waals surface area (Å²) in [6.07, 6.45) is 1.50. The number of urea groups is 1. The number of carbonyl (C=O) groups is 2. The summed E-state index contributed by atoms with van der Waals surface area (Å²) in [5.41, 5.74) is 3.13. The Hall–Kier alpha value is -3.67. The van der Waals surface area contributed by atoms with Gasteiger partial charge in [-0.05, 0) is 54.3 Å². The molecular formula is C27H28FN3O2. The van der Waals surface area contributed by atoms with Crippen molar-refractivity contribution in [1.82, 2.24) is 4.90 Å². The van der Waals surface area contributed by atoms with Crippen molar-refractivity contribution in [3.63, 3.8) is 0 Å². The number of hydrogen-bond acceptors (Lipinski definition) is 2. The molecule has 1 N–H and O–H groups in total. The van der Waals surface area contributed by atoms with Gasteiger partial charge in [0, 0.05) is 31.0 Å². The Morgan fingerprint density at radius 1 is 1.00 bits per heavy atom. The molecule has 1 aliphatic heterocycles. The Bertz CT molecular complexity index is 1120. The Morgan fingerprint density at radius 2 is 1.79 bits per heavy atom. The van der Waals surface area contributed by atoms with Gasteiger partial charge in [-0.3, -0.25) is 9.69 Å². The molecule has 1 atom stereocenters. The summed E-state index contributed by atoms with van der Waals surface area (Å²) in [4.78, 5) is 29.6. The fraction of sp³-hybridized carbons (Fsp3) is 0.259. The summed E-state index contributed by atoms with van der Waals surface area (Å²) in [6, 6.07) is 23.3. The van der Waals surface area contributed by atoms with Crippen LogP contribution in [-0.4, -0.2) is 29.9 Å². The minimum atomic E-state index is -0.307. The molecule has 0 radical (unpaired) electrons. The van der Waals surface area contributed by atoms with Crippen LogP contribution in [0.4, 0.5) is 20.6 Å². The van der Waals surface area contributed by atoms with Crippen LogP contribution in [0, 0.1) is 5.82 Å². The van der Waals surface area contributed by atoms with Crippen molar-refractivity contribution in [1.29, 1.82) is 0 Å². The van der Waals surface area contributed by atoms with E-state index in [1.807, 2.05) is 67.6 Å². The second-order valence-corrected chi connectivity index (χ2v) is 8.25.